The smallest absolute Gasteiger partial charge is 0.227 e. The minimum Gasteiger partial charge on any atom is -0.354 e. The van der Waals surface area contributed by atoms with Gasteiger partial charge in [-0.3, -0.25) is 9.69 Å². The molecule has 0 aliphatic carbocycles. The summed E-state index contributed by atoms with van der Waals surface area (Å²) in [4.78, 5) is 15.3. The van der Waals surface area contributed by atoms with E-state index < -0.39 is 0 Å². The van der Waals surface area contributed by atoms with E-state index in [-0.39, 0.29) is 17.9 Å². The van der Waals surface area contributed by atoms with Gasteiger partial charge in [0.1, 0.15) is 0 Å². The van der Waals surface area contributed by atoms with E-state index in [1.165, 1.54) is 12.8 Å². The lowest BCUT2D eigenvalue weighted by Crippen LogP contribution is -2.38. The molecule has 0 unspecified atom stereocenters. The molecule has 0 aromatic heterocycles. The highest BCUT2D eigenvalue weighted by molar-refractivity contribution is 6.31. The molecule has 1 fully saturated rings. The van der Waals surface area contributed by atoms with Crippen molar-refractivity contribution < 1.29 is 4.79 Å². The maximum absolute atomic E-state index is 12.8. The van der Waals surface area contributed by atoms with Crippen molar-refractivity contribution in [2.24, 2.45) is 0 Å². The van der Waals surface area contributed by atoms with E-state index in [1.807, 2.05) is 48.5 Å². The molecule has 0 bridgehead atoms. The predicted molar refractivity (Wildman–Crippen MR) is 107 cm³/mol. The van der Waals surface area contributed by atoms with Gasteiger partial charge in [0.15, 0.2) is 0 Å². The second-order valence-electron chi connectivity index (χ2n) is 6.90. The molecule has 2 aromatic carbocycles. The summed E-state index contributed by atoms with van der Waals surface area (Å²) in [5, 5.41) is 3.97. The molecular formula is C22H27ClN2O. The van der Waals surface area contributed by atoms with Gasteiger partial charge in [-0.1, -0.05) is 67.1 Å². The number of hydrogen-bond acceptors (Lipinski definition) is 2. The van der Waals surface area contributed by atoms with Crippen LogP contribution in [-0.2, 0) is 4.79 Å². The van der Waals surface area contributed by atoms with Crippen molar-refractivity contribution in [3.63, 3.8) is 0 Å². The summed E-state index contributed by atoms with van der Waals surface area (Å²) in [5.74, 6) is -0.0170. The van der Waals surface area contributed by atoms with Crippen molar-refractivity contribution in [3.8, 4) is 0 Å². The first-order chi connectivity index (χ1) is 12.7. The van der Waals surface area contributed by atoms with Crippen molar-refractivity contribution in [2.45, 2.75) is 38.1 Å². The molecule has 1 heterocycles. The van der Waals surface area contributed by atoms with Crippen molar-refractivity contribution in [1.82, 2.24) is 10.2 Å². The van der Waals surface area contributed by atoms with Crippen molar-refractivity contribution >= 4 is 17.5 Å². The molecule has 2 atom stereocenters. The summed E-state index contributed by atoms with van der Waals surface area (Å²) in [6, 6.07) is 18.1. The SMILES string of the molecule is CC[C@H](C(=O)NC[C@H](c1ccccc1Cl)N1CCCC1)c1ccccc1. The van der Waals surface area contributed by atoms with E-state index >= 15 is 0 Å². The van der Waals surface area contributed by atoms with E-state index in [0.717, 1.165) is 35.7 Å². The number of nitrogens with one attached hydrogen (secondary N) is 1. The van der Waals surface area contributed by atoms with E-state index in [4.69, 9.17) is 11.6 Å². The Morgan fingerprint density at radius 1 is 1.08 bits per heavy atom. The molecule has 2 aromatic rings. The van der Waals surface area contributed by atoms with Gasteiger partial charge >= 0.3 is 0 Å². The maximum Gasteiger partial charge on any atom is 0.227 e. The topological polar surface area (TPSA) is 32.3 Å². The fraction of sp³-hybridized carbons (Fsp3) is 0.409. The van der Waals surface area contributed by atoms with Crippen LogP contribution in [0.15, 0.2) is 54.6 Å². The highest BCUT2D eigenvalue weighted by Gasteiger charge is 2.27. The van der Waals surface area contributed by atoms with Crippen LogP contribution in [0.1, 0.15) is 49.3 Å². The Bertz CT molecular complexity index is 713. The number of amides is 1. The monoisotopic (exact) mass is 370 g/mol. The van der Waals surface area contributed by atoms with Gasteiger partial charge in [0.05, 0.1) is 12.0 Å². The summed E-state index contributed by atoms with van der Waals surface area (Å²) in [6.07, 6.45) is 3.20. The third kappa shape index (κ3) is 4.46. The standard InChI is InChI=1S/C22H27ClN2O/c1-2-18(17-10-4-3-5-11-17)22(26)24-16-21(25-14-8-9-15-25)19-12-6-7-13-20(19)23/h3-7,10-13,18,21H,2,8-9,14-16H2,1H3,(H,24,26)/t18-,21+/m0/s1. The number of likely N-dealkylation sites (tertiary alicyclic amines) is 1. The Morgan fingerprint density at radius 2 is 1.73 bits per heavy atom. The summed E-state index contributed by atoms with van der Waals surface area (Å²) in [5.41, 5.74) is 2.17. The van der Waals surface area contributed by atoms with Crippen LogP contribution in [0.3, 0.4) is 0 Å². The molecule has 26 heavy (non-hydrogen) atoms. The minimum absolute atomic E-state index is 0.0925. The molecule has 1 amide bonds. The predicted octanol–water partition coefficient (Wildman–Crippen LogP) is 4.79. The quantitative estimate of drug-likeness (QED) is 0.760. The third-order valence-corrected chi connectivity index (χ3v) is 5.59. The number of nitrogens with zero attached hydrogens (tertiary/aromatic N) is 1. The first-order valence-corrected chi connectivity index (χ1v) is 9.89. The average molecular weight is 371 g/mol. The van der Waals surface area contributed by atoms with Gasteiger partial charge in [-0.25, -0.2) is 0 Å². The zero-order chi connectivity index (χ0) is 18.4. The van der Waals surface area contributed by atoms with Crippen LogP contribution < -0.4 is 5.32 Å². The Balaban J connectivity index is 1.73. The number of rotatable bonds is 7. The van der Waals surface area contributed by atoms with Crippen molar-refractivity contribution in [2.75, 3.05) is 19.6 Å². The number of carbonyl (C=O) groups excluding carboxylic acids is 1. The molecular weight excluding hydrogens is 344 g/mol. The lowest BCUT2D eigenvalue weighted by molar-refractivity contribution is -0.122. The van der Waals surface area contributed by atoms with Crippen molar-refractivity contribution in [1.29, 1.82) is 0 Å². The molecule has 3 rings (SSSR count). The second kappa shape index (κ2) is 9.20. The van der Waals surface area contributed by atoms with E-state index in [9.17, 15) is 4.79 Å². The number of halogens is 1. The van der Waals surface area contributed by atoms with Gasteiger partial charge in [-0.2, -0.15) is 0 Å². The number of benzene rings is 2. The molecule has 0 spiro atoms. The summed E-state index contributed by atoms with van der Waals surface area (Å²) < 4.78 is 0. The van der Waals surface area contributed by atoms with Crippen LogP contribution in [0.5, 0.6) is 0 Å². The molecule has 138 valence electrons. The van der Waals surface area contributed by atoms with Gasteiger partial charge in [-0.15, -0.1) is 0 Å². The Hall–Kier alpha value is -1.84. The summed E-state index contributed by atoms with van der Waals surface area (Å²) >= 11 is 6.46. The van der Waals surface area contributed by atoms with Crippen molar-refractivity contribution in [3.05, 3.63) is 70.7 Å². The second-order valence-corrected chi connectivity index (χ2v) is 7.30. The fourth-order valence-corrected chi connectivity index (χ4v) is 4.07. The molecule has 1 aliphatic rings. The van der Waals surface area contributed by atoms with Crippen LogP contribution in [0.2, 0.25) is 5.02 Å². The first kappa shape index (κ1) is 18.9. The van der Waals surface area contributed by atoms with E-state index in [1.54, 1.807) is 0 Å². The Morgan fingerprint density at radius 3 is 2.38 bits per heavy atom. The first-order valence-electron chi connectivity index (χ1n) is 9.51. The van der Waals surface area contributed by atoms with E-state index in [0.29, 0.717) is 6.54 Å². The zero-order valence-electron chi connectivity index (χ0n) is 15.3. The van der Waals surface area contributed by atoms with Gasteiger partial charge in [0, 0.05) is 11.6 Å². The minimum atomic E-state index is -0.110. The lowest BCUT2D eigenvalue weighted by Gasteiger charge is -2.29. The van der Waals surface area contributed by atoms with Crippen LogP contribution in [0.4, 0.5) is 0 Å². The number of carbonyl (C=O) groups is 1. The normalized spacial score (nSPS) is 17.0. The fourth-order valence-electron chi connectivity index (χ4n) is 3.81. The Kier molecular flexibility index (Phi) is 6.70. The molecule has 3 nitrogen and oxygen atoms in total. The summed E-state index contributed by atoms with van der Waals surface area (Å²) in [7, 11) is 0. The number of hydrogen-bond donors (Lipinski definition) is 1. The molecule has 1 N–H and O–H groups in total. The van der Waals surface area contributed by atoms with Crippen LogP contribution in [-0.4, -0.2) is 30.4 Å². The summed E-state index contributed by atoms with van der Waals surface area (Å²) in [6.45, 7) is 4.76. The molecule has 1 saturated heterocycles. The van der Waals surface area contributed by atoms with Crippen LogP contribution in [0.25, 0.3) is 0 Å². The van der Waals surface area contributed by atoms with Gasteiger partial charge in [-0.05, 0) is 49.5 Å². The lowest BCUT2D eigenvalue weighted by atomic mass is 9.95. The van der Waals surface area contributed by atoms with Gasteiger partial charge < -0.3 is 5.32 Å². The zero-order valence-corrected chi connectivity index (χ0v) is 16.1. The largest absolute Gasteiger partial charge is 0.354 e. The highest BCUT2D eigenvalue weighted by Crippen LogP contribution is 2.30. The maximum atomic E-state index is 12.8. The highest BCUT2D eigenvalue weighted by atomic mass is 35.5. The van der Waals surface area contributed by atoms with Crippen LogP contribution in [0, 0.1) is 0 Å². The average Bonchev–Trinajstić information content (AvgIpc) is 3.19. The molecule has 0 saturated carbocycles. The Labute approximate surface area is 161 Å². The third-order valence-electron chi connectivity index (χ3n) is 5.24. The molecule has 1 aliphatic heterocycles. The van der Waals surface area contributed by atoms with E-state index in [2.05, 4.69) is 23.2 Å². The van der Waals surface area contributed by atoms with Gasteiger partial charge in [0.2, 0.25) is 5.91 Å². The van der Waals surface area contributed by atoms with Crippen LogP contribution >= 0.6 is 11.6 Å². The molecule has 0 radical (unpaired) electrons. The van der Waals surface area contributed by atoms with Gasteiger partial charge in [0.25, 0.3) is 0 Å². The molecule has 4 heteroatoms.